The van der Waals surface area contributed by atoms with E-state index in [9.17, 15) is 9.59 Å². The fourth-order valence-electron chi connectivity index (χ4n) is 4.53. The summed E-state index contributed by atoms with van der Waals surface area (Å²) in [6, 6.07) is 26.6. The van der Waals surface area contributed by atoms with Crippen LogP contribution in [0.4, 0.5) is 11.4 Å². The van der Waals surface area contributed by atoms with Gasteiger partial charge in [0.2, 0.25) is 0 Å². The third kappa shape index (κ3) is 4.58. The molecule has 1 aliphatic heterocycles. The number of carbonyl (C=O) groups is 2. The van der Waals surface area contributed by atoms with Gasteiger partial charge in [0.15, 0.2) is 0 Å². The van der Waals surface area contributed by atoms with Crippen LogP contribution in [0.5, 0.6) is 0 Å². The molecule has 0 aliphatic carbocycles. The van der Waals surface area contributed by atoms with E-state index >= 15 is 0 Å². The van der Waals surface area contributed by atoms with E-state index in [-0.39, 0.29) is 11.8 Å². The Morgan fingerprint density at radius 1 is 0.829 bits per heavy atom. The summed E-state index contributed by atoms with van der Waals surface area (Å²) in [5.74, 6) is -0.266. The van der Waals surface area contributed by atoms with Crippen LogP contribution in [0.15, 0.2) is 84.9 Å². The summed E-state index contributed by atoms with van der Waals surface area (Å²) in [5, 5.41) is 3.59. The molecular weight excluding hydrogens is 456 g/mol. The quantitative estimate of drug-likeness (QED) is 0.344. The highest BCUT2D eigenvalue weighted by molar-refractivity contribution is 6.30. The number of halogens is 1. The molecule has 4 aromatic carbocycles. The fourth-order valence-corrected chi connectivity index (χ4v) is 4.73. The van der Waals surface area contributed by atoms with Gasteiger partial charge in [0, 0.05) is 27.5 Å². The average molecular weight is 481 g/mol. The molecule has 0 radical (unpaired) electrons. The molecule has 0 bridgehead atoms. The van der Waals surface area contributed by atoms with Crippen LogP contribution < -0.4 is 10.2 Å². The number of fused-ring (bicyclic) bond motifs is 2. The van der Waals surface area contributed by atoms with Crippen molar-refractivity contribution in [1.29, 1.82) is 0 Å². The van der Waals surface area contributed by atoms with E-state index in [0.717, 1.165) is 34.4 Å². The van der Waals surface area contributed by atoms with Crippen LogP contribution in [0.1, 0.15) is 48.5 Å². The molecule has 1 N–H and O–H groups in total. The van der Waals surface area contributed by atoms with Crippen LogP contribution in [-0.4, -0.2) is 11.8 Å². The van der Waals surface area contributed by atoms with Crippen molar-refractivity contribution in [2.45, 2.75) is 26.8 Å². The van der Waals surface area contributed by atoms with Gasteiger partial charge >= 0.3 is 0 Å². The van der Waals surface area contributed by atoms with Crippen LogP contribution in [0.3, 0.4) is 0 Å². The van der Waals surface area contributed by atoms with E-state index in [1.807, 2.05) is 62.4 Å². The van der Waals surface area contributed by atoms with Crippen LogP contribution >= 0.6 is 11.6 Å². The van der Waals surface area contributed by atoms with Crippen molar-refractivity contribution in [1.82, 2.24) is 0 Å². The summed E-state index contributed by atoms with van der Waals surface area (Å²) in [5.41, 5.74) is 8.05. The van der Waals surface area contributed by atoms with Gasteiger partial charge in [-0.3, -0.25) is 9.59 Å². The minimum absolute atomic E-state index is 0.0994. The Balaban J connectivity index is 1.41. The molecule has 0 saturated heterocycles. The highest BCUT2D eigenvalue weighted by atomic mass is 35.5. The van der Waals surface area contributed by atoms with Crippen molar-refractivity contribution >= 4 is 34.8 Å². The molecule has 35 heavy (non-hydrogen) atoms. The number of aryl methyl sites for hydroxylation is 1. The third-order valence-electron chi connectivity index (χ3n) is 6.64. The molecule has 2 amide bonds. The maximum atomic E-state index is 13.7. The van der Waals surface area contributed by atoms with Crippen molar-refractivity contribution in [3.8, 4) is 0 Å². The smallest absolute Gasteiger partial charge is 0.258 e. The van der Waals surface area contributed by atoms with E-state index in [2.05, 4.69) is 17.4 Å². The highest BCUT2D eigenvalue weighted by Crippen LogP contribution is 2.33. The maximum Gasteiger partial charge on any atom is 0.258 e. The van der Waals surface area contributed by atoms with Crippen molar-refractivity contribution < 1.29 is 9.59 Å². The largest absolute Gasteiger partial charge is 0.322 e. The lowest BCUT2D eigenvalue weighted by Gasteiger charge is -2.24. The van der Waals surface area contributed by atoms with Gasteiger partial charge in [-0.25, -0.2) is 0 Å². The first-order chi connectivity index (χ1) is 16.9. The first kappa shape index (κ1) is 22.9. The van der Waals surface area contributed by atoms with E-state index in [1.54, 1.807) is 29.2 Å². The molecule has 0 atom stereocenters. The van der Waals surface area contributed by atoms with Crippen LogP contribution in [-0.2, 0) is 13.0 Å². The van der Waals surface area contributed by atoms with Gasteiger partial charge < -0.3 is 10.2 Å². The summed E-state index contributed by atoms with van der Waals surface area (Å²) >= 11 is 6.28. The van der Waals surface area contributed by atoms with E-state index < -0.39 is 0 Å². The summed E-state index contributed by atoms with van der Waals surface area (Å²) in [6.07, 6.45) is 0.721. The number of hydrogen-bond donors (Lipinski definition) is 1. The number of carbonyl (C=O) groups excluding carboxylic acids is 2. The lowest BCUT2D eigenvalue weighted by atomic mass is 10.0. The van der Waals surface area contributed by atoms with E-state index in [0.29, 0.717) is 28.4 Å². The fraction of sp³-hybridized carbons (Fsp3) is 0.133. The molecule has 0 unspecified atom stereocenters. The number of nitrogens with one attached hydrogen (secondary N) is 1. The topological polar surface area (TPSA) is 49.4 Å². The number of amides is 2. The zero-order valence-corrected chi connectivity index (χ0v) is 20.4. The predicted molar refractivity (Wildman–Crippen MR) is 142 cm³/mol. The summed E-state index contributed by atoms with van der Waals surface area (Å²) < 4.78 is 0. The minimum atomic E-state index is -0.166. The Kier molecular flexibility index (Phi) is 6.14. The van der Waals surface area contributed by atoms with Gasteiger partial charge in [0.05, 0.1) is 6.54 Å². The maximum absolute atomic E-state index is 13.7. The molecule has 4 aromatic rings. The predicted octanol–water partition coefficient (Wildman–Crippen LogP) is 6.96. The summed E-state index contributed by atoms with van der Waals surface area (Å²) in [6.45, 7) is 4.41. The standard InChI is InChI=1S/C30H25ClN2O2/c1-19-6-5-9-27(20(19)2)29(34)32-26-13-10-21(11-14-26)30(35)33-18-23-8-4-3-7-22(23)16-24-17-25(31)12-15-28(24)33/h3-15,17H,16,18H2,1-2H3,(H,32,34). The SMILES string of the molecule is Cc1cccc(C(=O)Nc2ccc(C(=O)N3Cc4ccccc4Cc4cc(Cl)ccc43)cc2)c1C. The van der Waals surface area contributed by atoms with Gasteiger partial charge in [-0.05, 0) is 96.6 Å². The van der Waals surface area contributed by atoms with E-state index in [1.165, 1.54) is 5.56 Å². The molecule has 1 aliphatic rings. The second-order valence-electron chi connectivity index (χ2n) is 8.89. The van der Waals surface area contributed by atoms with Gasteiger partial charge in [-0.2, -0.15) is 0 Å². The number of anilines is 2. The molecule has 1 heterocycles. The molecular formula is C30H25ClN2O2. The molecule has 4 nitrogen and oxygen atoms in total. The second kappa shape index (κ2) is 9.40. The Morgan fingerprint density at radius 2 is 1.57 bits per heavy atom. The normalized spacial score (nSPS) is 12.4. The van der Waals surface area contributed by atoms with Gasteiger partial charge in [0.1, 0.15) is 0 Å². The van der Waals surface area contributed by atoms with Gasteiger partial charge in [-0.1, -0.05) is 48.0 Å². The van der Waals surface area contributed by atoms with Crippen molar-refractivity contribution in [3.05, 3.63) is 129 Å². The van der Waals surface area contributed by atoms with Crippen molar-refractivity contribution in [2.75, 3.05) is 10.2 Å². The molecule has 5 heteroatoms. The Bertz CT molecular complexity index is 1440. The summed E-state index contributed by atoms with van der Waals surface area (Å²) in [7, 11) is 0. The van der Waals surface area contributed by atoms with Gasteiger partial charge in [-0.15, -0.1) is 0 Å². The first-order valence-corrected chi connectivity index (χ1v) is 11.9. The van der Waals surface area contributed by atoms with E-state index in [4.69, 9.17) is 11.6 Å². The zero-order chi connectivity index (χ0) is 24.5. The first-order valence-electron chi connectivity index (χ1n) is 11.6. The second-order valence-corrected chi connectivity index (χ2v) is 9.33. The molecule has 5 rings (SSSR count). The van der Waals surface area contributed by atoms with Crippen LogP contribution in [0.2, 0.25) is 5.02 Å². The Morgan fingerprint density at radius 3 is 2.34 bits per heavy atom. The van der Waals surface area contributed by atoms with Crippen LogP contribution in [0.25, 0.3) is 0 Å². The third-order valence-corrected chi connectivity index (χ3v) is 6.88. The molecule has 0 spiro atoms. The highest BCUT2D eigenvalue weighted by Gasteiger charge is 2.25. The number of rotatable bonds is 3. The molecule has 0 aromatic heterocycles. The zero-order valence-electron chi connectivity index (χ0n) is 19.6. The lowest BCUT2D eigenvalue weighted by Crippen LogP contribution is -2.30. The number of hydrogen-bond acceptors (Lipinski definition) is 2. The minimum Gasteiger partial charge on any atom is -0.322 e. The summed E-state index contributed by atoms with van der Waals surface area (Å²) in [4.78, 5) is 28.2. The molecule has 0 saturated carbocycles. The Hall–Kier alpha value is -3.89. The van der Waals surface area contributed by atoms with Gasteiger partial charge in [0.25, 0.3) is 11.8 Å². The monoisotopic (exact) mass is 480 g/mol. The number of nitrogens with zero attached hydrogens (tertiary/aromatic N) is 1. The molecule has 174 valence electrons. The molecule has 0 fully saturated rings. The van der Waals surface area contributed by atoms with Crippen molar-refractivity contribution in [2.24, 2.45) is 0 Å². The number of benzene rings is 4. The lowest BCUT2D eigenvalue weighted by molar-refractivity contribution is 0.0984. The van der Waals surface area contributed by atoms with Crippen molar-refractivity contribution in [3.63, 3.8) is 0 Å². The average Bonchev–Trinajstić information content (AvgIpc) is 3.02. The Labute approximate surface area is 210 Å². The van der Waals surface area contributed by atoms with Crippen LogP contribution in [0, 0.1) is 13.8 Å².